The predicted octanol–water partition coefficient (Wildman–Crippen LogP) is 4.30. The van der Waals surface area contributed by atoms with Crippen LogP contribution in [0, 0.1) is 0 Å². The molecule has 0 spiro atoms. The molecule has 0 saturated carbocycles. The molecule has 0 saturated heterocycles. The molecule has 1 amide bonds. The summed E-state index contributed by atoms with van der Waals surface area (Å²) in [5.41, 5.74) is -0.636. The number of ether oxygens (including phenoxy) is 1. The summed E-state index contributed by atoms with van der Waals surface area (Å²) in [6, 6.07) is 9.64. The number of anilines is 1. The van der Waals surface area contributed by atoms with Crippen molar-refractivity contribution in [1.29, 1.82) is 0 Å². The highest BCUT2D eigenvalue weighted by molar-refractivity contribution is 9.10. The molecule has 0 unspecified atom stereocenters. The minimum Gasteiger partial charge on any atom is -0.483 e. The van der Waals surface area contributed by atoms with Crippen molar-refractivity contribution in [1.82, 2.24) is 0 Å². The Labute approximate surface area is 143 Å². The third kappa shape index (κ3) is 4.58. The molecule has 0 aliphatic heterocycles. The first-order chi connectivity index (χ1) is 11.3. The van der Waals surface area contributed by atoms with E-state index in [2.05, 4.69) is 21.2 Å². The Balaban J connectivity index is 2.04. The van der Waals surface area contributed by atoms with Crippen LogP contribution in [0.15, 0.2) is 46.9 Å². The van der Waals surface area contributed by atoms with Gasteiger partial charge < -0.3 is 10.1 Å². The number of aldehydes is 1. The average molecular weight is 402 g/mol. The van der Waals surface area contributed by atoms with Gasteiger partial charge in [-0.15, -0.1) is 0 Å². The number of halogens is 4. The average Bonchev–Trinajstić information content (AvgIpc) is 2.54. The minimum atomic E-state index is -4.54. The van der Waals surface area contributed by atoms with Crippen LogP contribution in [0.2, 0.25) is 0 Å². The van der Waals surface area contributed by atoms with Crippen molar-refractivity contribution in [3.05, 3.63) is 58.1 Å². The number of benzene rings is 2. The zero-order chi connectivity index (χ0) is 17.7. The van der Waals surface area contributed by atoms with Crippen LogP contribution in [-0.4, -0.2) is 18.8 Å². The van der Waals surface area contributed by atoms with Crippen molar-refractivity contribution in [3.8, 4) is 5.75 Å². The minimum absolute atomic E-state index is 0.0113. The van der Waals surface area contributed by atoms with E-state index in [1.54, 1.807) is 12.1 Å². The van der Waals surface area contributed by atoms with Gasteiger partial charge in [-0.05, 0) is 30.3 Å². The van der Waals surface area contributed by atoms with Crippen molar-refractivity contribution >= 4 is 33.8 Å². The van der Waals surface area contributed by atoms with Gasteiger partial charge in [-0.25, -0.2) is 0 Å². The molecule has 2 aromatic rings. The summed E-state index contributed by atoms with van der Waals surface area (Å²) in [5, 5.41) is 2.32. The summed E-state index contributed by atoms with van der Waals surface area (Å²) in [5.74, 6) is -0.430. The van der Waals surface area contributed by atoms with Crippen molar-refractivity contribution in [2.24, 2.45) is 0 Å². The molecule has 1 N–H and O–H groups in total. The molecule has 0 bridgehead atoms. The monoisotopic (exact) mass is 401 g/mol. The Hall–Kier alpha value is -2.35. The molecule has 0 aliphatic rings. The number of carbonyl (C=O) groups excluding carboxylic acids is 2. The van der Waals surface area contributed by atoms with E-state index in [-0.39, 0.29) is 21.5 Å². The number of hydrogen-bond donors (Lipinski definition) is 1. The van der Waals surface area contributed by atoms with Crippen molar-refractivity contribution < 1.29 is 27.5 Å². The Morgan fingerprint density at radius 1 is 1.21 bits per heavy atom. The van der Waals surface area contributed by atoms with E-state index in [0.717, 1.165) is 6.07 Å². The third-order valence-corrected chi connectivity index (χ3v) is 3.65. The van der Waals surface area contributed by atoms with E-state index < -0.39 is 24.3 Å². The Kier molecular flexibility index (Phi) is 5.61. The van der Waals surface area contributed by atoms with E-state index >= 15 is 0 Å². The number of amides is 1. The molecule has 0 heterocycles. The van der Waals surface area contributed by atoms with Crippen LogP contribution < -0.4 is 10.1 Å². The van der Waals surface area contributed by atoms with Crippen molar-refractivity contribution in [3.63, 3.8) is 0 Å². The molecule has 24 heavy (non-hydrogen) atoms. The molecule has 4 nitrogen and oxygen atoms in total. The summed E-state index contributed by atoms with van der Waals surface area (Å²) in [7, 11) is 0. The summed E-state index contributed by atoms with van der Waals surface area (Å²) in [6.45, 7) is -0.442. The molecular weight excluding hydrogens is 391 g/mol. The number of hydrogen-bond acceptors (Lipinski definition) is 3. The van der Waals surface area contributed by atoms with Crippen LogP contribution in [-0.2, 0) is 11.0 Å². The van der Waals surface area contributed by atoms with Gasteiger partial charge in [-0.2, -0.15) is 13.2 Å². The molecule has 0 atom stereocenters. The highest BCUT2D eigenvalue weighted by Crippen LogP contribution is 2.36. The lowest BCUT2D eigenvalue weighted by Crippen LogP contribution is -2.21. The Morgan fingerprint density at radius 3 is 2.58 bits per heavy atom. The number of rotatable bonds is 5. The second-order valence-electron chi connectivity index (χ2n) is 4.68. The lowest BCUT2D eigenvalue weighted by Gasteiger charge is -2.12. The molecular formula is C16H11BrF3NO3. The maximum atomic E-state index is 12.8. The largest absolute Gasteiger partial charge is 0.483 e. The molecule has 0 radical (unpaired) electrons. The van der Waals surface area contributed by atoms with Crippen LogP contribution in [0.25, 0.3) is 0 Å². The Bertz CT molecular complexity index is 762. The number of carbonyl (C=O) groups is 2. The van der Waals surface area contributed by atoms with Gasteiger partial charge >= 0.3 is 6.18 Å². The smallest absolute Gasteiger partial charge is 0.417 e. The standard InChI is InChI=1S/C16H11BrF3NO3/c17-13-6-5-11(7-12(13)16(18,19)20)21-15(23)9-24-14-4-2-1-3-10(14)8-22/h1-8H,9H2,(H,21,23). The predicted molar refractivity (Wildman–Crippen MR) is 85.1 cm³/mol. The van der Waals surface area contributed by atoms with E-state index in [4.69, 9.17) is 4.74 Å². The van der Waals surface area contributed by atoms with E-state index in [0.29, 0.717) is 6.29 Å². The van der Waals surface area contributed by atoms with Gasteiger partial charge in [-0.1, -0.05) is 28.1 Å². The zero-order valence-electron chi connectivity index (χ0n) is 12.1. The number of nitrogens with one attached hydrogen (secondary N) is 1. The number of alkyl halides is 3. The van der Waals surface area contributed by atoms with Crippen molar-refractivity contribution in [2.75, 3.05) is 11.9 Å². The van der Waals surface area contributed by atoms with Gasteiger partial charge in [0.1, 0.15) is 5.75 Å². The maximum absolute atomic E-state index is 12.8. The van der Waals surface area contributed by atoms with Gasteiger partial charge in [0, 0.05) is 10.2 Å². The highest BCUT2D eigenvalue weighted by Gasteiger charge is 2.33. The zero-order valence-corrected chi connectivity index (χ0v) is 13.6. The van der Waals surface area contributed by atoms with Crippen LogP contribution >= 0.6 is 15.9 Å². The van der Waals surface area contributed by atoms with Crippen LogP contribution in [0.5, 0.6) is 5.75 Å². The first-order valence-corrected chi connectivity index (χ1v) is 7.44. The second-order valence-corrected chi connectivity index (χ2v) is 5.54. The molecule has 8 heteroatoms. The molecule has 126 valence electrons. The van der Waals surface area contributed by atoms with Crippen LogP contribution in [0.3, 0.4) is 0 Å². The van der Waals surface area contributed by atoms with E-state index in [9.17, 15) is 22.8 Å². The van der Waals surface area contributed by atoms with E-state index in [1.807, 2.05) is 0 Å². The van der Waals surface area contributed by atoms with E-state index in [1.165, 1.54) is 24.3 Å². The van der Waals surface area contributed by atoms with Gasteiger partial charge in [0.05, 0.1) is 11.1 Å². The normalized spacial score (nSPS) is 11.0. The first-order valence-electron chi connectivity index (χ1n) is 6.65. The van der Waals surface area contributed by atoms with Gasteiger partial charge in [-0.3, -0.25) is 9.59 Å². The second kappa shape index (κ2) is 7.48. The van der Waals surface area contributed by atoms with Gasteiger partial charge in [0.15, 0.2) is 12.9 Å². The summed E-state index contributed by atoms with van der Waals surface area (Å²) in [6.07, 6.45) is -3.96. The SMILES string of the molecule is O=Cc1ccccc1OCC(=O)Nc1ccc(Br)c(C(F)(F)F)c1. The first kappa shape index (κ1) is 18.0. The topological polar surface area (TPSA) is 55.4 Å². The summed E-state index contributed by atoms with van der Waals surface area (Å²) >= 11 is 2.82. The number of para-hydroxylation sites is 1. The molecule has 0 aliphatic carbocycles. The van der Waals surface area contributed by atoms with Gasteiger partial charge in [0.2, 0.25) is 0 Å². The summed E-state index contributed by atoms with van der Waals surface area (Å²) < 4.78 is 43.5. The third-order valence-electron chi connectivity index (χ3n) is 2.96. The fraction of sp³-hybridized carbons (Fsp3) is 0.125. The molecule has 0 fully saturated rings. The highest BCUT2D eigenvalue weighted by atomic mass is 79.9. The van der Waals surface area contributed by atoms with Crippen LogP contribution in [0.1, 0.15) is 15.9 Å². The quantitative estimate of drug-likeness (QED) is 0.759. The molecule has 2 aromatic carbocycles. The fourth-order valence-electron chi connectivity index (χ4n) is 1.87. The van der Waals surface area contributed by atoms with Gasteiger partial charge in [0.25, 0.3) is 5.91 Å². The fourth-order valence-corrected chi connectivity index (χ4v) is 2.34. The lowest BCUT2D eigenvalue weighted by atomic mass is 10.2. The summed E-state index contributed by atoms with van der Waals surface area (Å²) in [4.78, 5) is 22.6. The lowest BCUT2D eigenvalue weighted by molar-refractivity contribution is -0.138. The molecule has 2 rings (SSSR count). The van der Waals surface area contributed by atoms with Crippen LogP contribution in [0.4, 0.5) is 18.9 Å². The maximum Gasteiger partial charge on any atom is 0.417 e. The molecule has 0 aromatic heterocycles. The van der Waals surface area contributed by atoms with Crippen molar-refractivity contribution in [2.45, 2.75) is 6.18 Å². The Morgan fingerprint density at radius 2 is 1.92 bits per heavy atom.